The molecule has 0 unspecified atom stereocenters. The molecule has 3 N–H and O–H groups in total. The second-order valence-corrected chi connectivity index (χ2v) is 10.4. The van der Waals surface area contributed by atoms with Crippen molar-refractivity contribution in [1.29, 1.82) is 0 Å². The van der Waals surface area contributed by atoms with Crippen molar-refractivity contribution < 1.29 is 23.1 Å². The van der Waals surface area contributed by atoms with Gasteiger partial charge < -0.3 is 15.8 Å². The zero-order chi connectivity index (χ0) is 29.6. The molecule has 2 aromatic carbocycles. The molecule has 0 bridgehead atoms. The third-order valence-corrected chi connectivity index (χ3v) is 7.72. The normalized spacial score (nSPS) is 13.6. The Kier molecular flexibility index (Phi) is 6.68. The summed E-state index contributed by atoms with van der Waals surface area (Å²) in [7, 11) is 1.49. The number of nitrogens with two attached hydrogens (primary N) is 1. The second-order valence-electron chi connectivity index (χ2n) is 10.4. The van der Waals surface area contributed by atoms with Gasteiger partial charge in [0.05, 0.1) is 29.5 Å². The molecule has 6 rings (SSSR count). The minimum absolute atomic E-state index is 0.0745. The van der Waals surface area contributed by atoms with Gasteiger partial charge in [-0.25, -0.2) is 13.3 Å². The summed E-state index contributed by atoms with van der Waals surface area (Å²) in [4.78, 5) is 30.4. The summed E-state index contributed by atoms with van der Waals surface area (Å²) in [5, 5.41) is 7.48. The summed E-state index contributed by atoms with van der Waals surface area (Å²) in [6.45, 7) is 1.85. The van der Waals surface area contributed by atoms with E-state index in [0.29, 0.717) is 22.4 Å². The van der Waals surface area contributed by atoms with Crippen LogP contribution in [0.15, 0.2) is 73.1 Å². The number of ether oxygens (including phenoxy) is 1. The van der Waals surface area contributed by atoms with Crippen LogP contribution in [-0.4, -0.2) is 33.5 Å². The van der Waals surface area contributed by atoms with E-state index >= 15 is 4.39 Å². The molecule has 2 amide bonds. The van der Waals surface area contributed by atoms with Gasteiger partial charge in [-0.05, 0) is 91.1 Å². The maximum Gasteiger partial charge on any atom is 0.255 e. The Morgan fingerprint density at radius 2 is 1.83 bits per heavy atom. The van der Waals surface area contributed by atoms with E-state index in [1.54, 1.807) is 30.6 Å². The maximum atomic E-state index is 16.1. The average Bonchev–Trinajstić information content (AvgIpc) is 3.66. The third-order valence-electron chi connectivity index (χ3n) is 7.72. The van der Waals surface area contributed by atoms with Gasteiger partial charge in [-0.2, -0.15) is 5.10 Å². The van der Waals surface area contributed by atoms with E-state index in [1.165, 1.54) is 35.9 Å². The van der Waals surface area contributed by atoms with Crippen LogP contribution in [0.5, 0.6) is 5.75 Å². The standard InChI is InChI=1S/C32H27F2N5O3/c1-18-15-24(42-2)23(31(41)37-32(11-12-32)25-5-3-4-13-36-25)17-21(18)16-20-10-14-39-29(27(20)34)26(30(35)40)28(38-39)19-6-8-22(33)9-7-19/h3-10,13-15,17H,11-12,16H2,1-2H3,(H2,35,40)(H,37,41). The molecule has 1 aliphatic rings. The Balaban J connectivity index is 1.37. The van der Waals surface area contributed by atoms with E-state index in [2.05, 4.69) is 15.4 Å². The van der Waals surface area contributed by atoms with E-state index in [1.807, 2.05) is 25.1 Å². The van der Waals surface area contributed by atoms with E-state index in [-0.39, 0.29) is 34.7 Å². The van der Waals surface area contributed by atoms with Crippen LogP contribution in [0.3, 0.4) is 0 Å². The number of nitrogens with one attached hydrogen (secondary N) is 1. The number of carbonyl (C=O) groups is 2. The predicted molar refractivity (Wildman–Crippen MR) is 152 cm³/mol. The average molecular weight is 568 g/mol. The lowest BCUT2D eigenvalue weighted by atomic mass is 9.96. The summed E-state index contributed by atoms with van der Waals surface area (Å²) in [5.74, 6) is -1.90. The van der Waals surface area contributed by atoms with Crippen LogP contribution in [0.2, 0.25) is 0 Å². The minimum Gasteiger partial charge on any atom is -0.496 e. The predicted octanol–water partition coefficient (Wildman–Crippen LogP) is 5.10. The zero-order valence-electron chi connectivity index (χ0n) is 22.9. The summed E-state index contributed by atoms with van der Waals surface area (Å²) in [6.07, 6.45) is 4.91. The van der Waals surface area contributed by atoms with Gasteiger partial charge in [0.1, 0.15) is 22.8 Å². The fraction of sp³-hybridized carbons (Fsp3) is 0.188. The Morgan fingerprint density at radius 1 is 1.07 bits per heavy atom. The number of fused-ring (bicyclic) bond motifs is 1. The Bertz CT molecular complexity index is 1850. The van der Waals surface area contributed by atoms with Crippen LogP contribution >= 0.6 is 0 Å². The highest BCUT2D eigenvalue weighted by Gasteiger charge is 2.47. The topological polar surface area (TPSA) is 112 Å². The lowest BCUT2D eigenvalue weighted by Gasteiger charge is -2.19. The number of amides is 2. The Hall–Kier alpha value is -5.12. The highest BCUT2D eigenvalue weighted by atomic mass is 19.1. The van der Waals surface area contributed by atoms with Crippen molar-refractivity contribution in [3.05, 3.63) is 118 Å². The van der Waals surface area contributed by atoms with Crippen LogP contribution in [0.1, 0.15) is 55.9 Å². The summed E-state index contributed by atoms with van der Waals surface area (Å²) in [5.41, 5.74) is 8.45. The molecule has 42 heavy (non-hydrogen) atoms. The van der Waals surface area contributed by atoms with Crippen molar-refractivity contribution in [3.63, 3.8) is 0 Å². The molecule has 0 atom stereocenters. The first kappa shape index (κ1) is 27.1. The van der Waals surface area contributed by atoms with Gasteiger partial charge in [0, 0.05) is 24.4 Å². The fourth-order valence-electron chi connectivity index (χ4n) is 5.29. The SMILES string of the molecule is COc1cc(C)c(Cc2ccn3nc(-c4ccc(F)cc4)c(C(N)=O)c3c2F)cc1C(=O)NC1(c2ccccn2)CC1. The zero-order valence-corrected chi connectivity index (χ0v) is 22.9. The van der Waals surface area contributed by atoms with Gasteiger partial charge in [0.15, 0.2) is 5.82 Å². The van der Waals surface area contributed by atoms with E-state index in [9.17, 15) is 14.0 Å². The monoisotopic (exact) mass is 567 g/mol. The van der Waals surface area contributed by atoms with Gasteiger partial charge in [-0.15, -0.1) is 0 Å². The fourth-order valence-corrected chi connectivity index (χ4v) is 5.29. The quantitative estimate of drug-likeness (QED) is 0.271. The van der Waals surface area contributed by atoms with Crippen molar-refractivity contribution in [2.24, 2.45) is 5.73 Å². The number of pyridine rings is 2. The number of hydrogen-bond acceptors (Lipinski definition) is 5. The van der Waals surface area contributed by atoms with Crippen LogP contribution in [-0.2, 0) is 12.0 Å². The molecule has 1 aliphatic carbocycles. The largest absolute Gasteiger partial charge is 0.496 e. The van der Waals surface area contributed by atoms with E-state index in [4.69, 9.17) is 10.5 Å². The van der Waals surface area contributed by atoms with Crippen molar-refractivity contribution >= 4 is 17.3 Å². The summed E-state index contributed by atoms with van der Waals surface area (Å²) >= 11 is 0. The number of rotatable bonds is 8. The second kappa shape index (κ2) is 10.4. The molecule has 0 radical (unpaired) electrons. The van der Waals surface area contributed by atoms with Gasteiger partial charge >= 0.3 is 0 Å². The van der Waals surface area contributed by atoms with E-state index in [0.717, 1.165) is 24.1 Å². The van der Waals surface area contributed by atoms with Gasteiger partial charge in [0.2, 0.25) is 0 Å². The number of primary amides is 1. The lowest BCUT2D eigenvalue weighted by molar-refractivity contribution is 0.0925. The first-order chi connectivity index (χ1) is 20.2. The molecule has 0 aliphatic heterocycles. The summed E-state index contributed by atoms with van der Waals surface area (Å²) < 4.78 is 36.4. The highest BCUT2D eigenvalue weighted by Crippen LogP contribution is 2.45. The maximum absolute atomic E-state index is 16.1. The highest BCUT2D eigenvalue weighted by molar-refractivity contribution is 6.05. The molecule has 3 aromatic heterocycles. The van der Waals surface area contributed by atoms with Crippen LogP contribution in [0.25, 0.3) is 16.8 Å². The molecule has 0 spiro atoms. The number of halogens is 2. The van der Waals surface area contributed by atoms with Gasteiger partial charge in [-0.1, -0.05) is 6.07 Å². The first-order valence-corrected chi connectivity index (χ1v) is 13.4. The number of aryl methyl sites for hydroxylation is 1. The molecular formula is C32H27F2N5O3. The lowest BCUT2D eigenvalue weighted by Crippen LogP contribution is -2.35. The number of hydrogen-bond donors (Lipinski definition) is 2. The van der Waals surface area contributed by atoms with Crippen molar-refractivity contribution in [2.45, 2.75) is 31.7 Å². The molecule has 212 valence electrons. The molecule has 5 aromatic rings. The number of benzene rings is 2. The van der Waals surface area contributed by atoms with Crippen LogP contribution in [0.4, 0.5) is 8.78 Å². The summed E-state index contributed by atoms with van der Waals surface area (Å²) in [6, 6.07) is 16.0. The molecule has 0 saturated heterocycles. The smallest absolute Gasteiger partial charge is 0.255 e. The Morgan fingerprint density at radius 3 is 2.48 bits per heavy atom. The number of nitrogens with zero attached hydrogens (tertiary/aromatic N) is 3. The molecule has 10 heteroatoms. The third kappa shape index (κ3) is 4.74. The van der Waals surface area contributed by atoms with Gasteiger partial charge in [0.25, 0.3) is 11.8 Å². The number of carbonyl (C=O) groups excluding carboxylic acids is 2. The van der Waals surface area contributed by atoms with Crippen LogP contribution < -0.4 is 15.8 Å². The van der Waals surface area contributed by atoms with Crippen molar-refractivity contribution in [3.8, 4) is 17.0 Å². The Labute approximate surface area is 240 Å². The molecular weight excluding hydrogens is 540 g/mol. The minimum atomic E-state index is -0.859. The number of methoxy groups -OCH3 is 1. The molecule has 1 fully saturated rings. The van der Waals surface area contributed by atoms with Crippen molar-refractivity contribution in [2.75, 3.05) is 7.11 Å². The van der Waals surface area contributed by atoms with E-state index < -0.39 is 23.1 Å². The molecule has 8 nitrogen and oxygen atoms in total. The van der Waals surface area contributed by atoms with Crippen LogP contribution in [0, 0.1) is 18.6 Å². The molecule has 1 saturated carbocycles. The number of aromatic nitrogens is 3. The van der Waals surface area contributed by atoms with Gasteiger partial charge in [-0.3, -0.25) is 14.6 Å². The first-order valence-electron chi connectivity index (χ1n) is 13.4. The van der Waals surface area contributed by atoms with Crippen molar-refractivity contribution in [1.82, 2.24) is 19.9 Å². The molecule has 3 heterocycles.